The van der Waals surface area contributed by atoms with Gasteiger partial charge in [0.1, 0.15) is 0 Å². The molecule has 1 saturated heterocycles. The van der Waals surface area contributed by atoms with E-state index in [1.165, 1.54) is 5.69 Å². The zero-order valence-corrected chi connectivity index (χ0v) is 15.1. The summed E-state index contributed by atoms with van der Waals surface area (Å²) in [6, 6.07) is 8.02. The number of guanidine groups is 1. The number of aliphatic hydroxyl groups is 1. The molecule has 2 aliphatic rings. The third-order valence-corrected chi connectivity index (χ3v) is 5.13. The molecule has 1 aliphatic heterocycles. The molecule has 2 fully saturated rings. The summed E-state index contributed by atoms with van der Waals surface area (Å²) in [5.74, 6) is 0.920. The summed E-state index contributed by atoms with van der Waals surface area (Å²) < 4.78 is 0. The number of benzene rings is 1. The molecule has 1 heterocycles. The van der Waals surface area contributed by atoms with Gasteiger partial charge in [-0.2, -0.15) is 0 Å². The summed E-state index contributed by atoms with van der Waals surface area (Å²) in [6.07, 6.45) is 2.86. The van der Waals surface area contributed by atoms with Crippen molar-refractivity contribution >= 4 is 23.2 Å². The Bertz CT molecular complexity index is 580. The number of rotatable bonds is 4. The van der Waals surface area contributed by atoms with Crippen molar-refractivity contribution in [2.75, 3.05) is 44.2 Å². The Kier molecular flexibility index (Phi) is 5.51. The van der Waals surface area contributed by atoms with E-state index < -0.39 is 5.60 Å². The Morgan fingerprint density at radius 2 is 2.04 bits per heavy atom. The van der Waals surface area contributed by atoms with Gasteiger partial charge in [0.25, 0.3) is 0 Å². The van der Waals surface area contributed by atoms with Crippen LogP contribution in [0.15, 0.2) is 29.3 Å². The van der Waals surface area contributed by atoms with Gasteiger partial charge in [-0.15, -0.1) is 0 Å². The molecule has 3 rings (SSSR count). The van der Waals surface area contributed by atoms with E-state index in [-0.39, 0.29) is 0 Å². The predicted molar refractivity (Wildman–Crippen MR) is 100 cm³/mol. The van der Waals surface area contributed by atoms with Crippen molar-refractivity contribution in [2.45, 2.75) is 31.8 Å². The van der Waals surface area contributed by atoms with Gasteiger partial charge < -0.3 is 20.2 Å². The topological polar surface area (TPSA) is 51.1 Å². The van der Waals surface area contributed by atoms with Gasteiger partial charge in [0.05, 0.1) is 12.1 Å². The number of hydrogen-bond acceptors (Lipinski definition) is 3. The Morgan fingerprint density at radius 1 is 1.29 bits per heavy atom. The molecule has 2 N–H and O–H groups in total. The first kappa shape index (κ1) is 17.4. The smallest absolute Gasteiger partial charge is 0.194 e. The highest BCUT2D eigenvalue weighted by Crippen LogP contribution is 2.31. The first-order valence-corrected chi connectivity index (χ1v) is 9.24. The monoisotopic (exact) mass is 350 g/mol. The van der Waals surface area contributed by atoms with Crippen LogP contribution in [0.25, 0.3) is 0 Å². The fraction of sp³-hybridized carbons (Fsp3) is 0.611. The Hall–Kier alpha value is -1.46. The van der Waals surface area contributed by atoms with Gasteiger partial charge in [-0.05, 0) is 44.4 Å². The molecule has 1 aliphatic carbocycles. The van der Waals surface area contributed by atoms with Crippen molar-refractivity contribution in [1.29, 1.82) is 0 Å². The van der Waals surface area contributed by atoms with Gasteiger partial charge in [0.2, 0.25) is 0 Å². The Labute approximate surface area is 149 Å². The van der Waals surface area contributed by atoms with Gasteiger partial charge >= 0.3 is 0 Å². The quantitative estimate of drug-likeness (QED) is 0.646. The Balaban J connectivity index is 1.59. The van der Waals surface area contributed by atoms with E-state index in [0.29, 0.717) is 6.54 Å². The van der Waals surface area contributed by atoms with Crippen molar-refractivity contribution in [2.24, 2.45) is 4.99 Å². The van der Waals surface area contributed by atoms with Crippen molar-refractivity contribution in [1.82, 2.24) is 10.2 Å². The summed E-state index contributed by atoms with van der Waals surface area (Å²) in [6.45, 7) is 7.13. The van der Waals surface area contributed by atoms with Crippen LogP contribution in [0.5, 0.6) is 0 Å². The molecule has 5 nitrogen and oxygen atoms in total. The maximum atomic E-state index is 10.3. The number of nitrogens with zero attached hydrogens (tertiary/aromatic N) is 3. The molecule has 0 radical (unpaired) electrons. The van der Waals surface area contributed by atoms with Crippen molar-refractivity contribution in [3.63, 3.8) is 0 Å². The fourth-order valence-corrected chi connectivity index (χ4v) is 3.42. The molecule has 0 aromatic heterocycles. The van der Waals surface area contributed by atoms with Crippen molar-refractivity contribution in [3.05, 3.63) is 29.3 Å². The maximum absolute atomic E-state index is 10.3. The highest BCUT2D eigenvalue weighted by atomic mass is 35.5. The summed E-state index contributed by atoms with van der Waals surface area (Å²) in [4.78, 5) is 9.32. The van der Waals surface area contributed by atoms with Gasteiger partial charge in [-0.3, -0.25) is 4.99 Å². The van der Waals surface area contributed by atoms with Crippen LogP contribution in [0.2, 0.25) is 5.02 Å². The minimum atomic E-state index is -0.566. The molecule has 1 aromatic carbocycles. The minimum absolute atomic E-state index is 0.504. The molecule has 0 bridgehead atoms. The van der Waals surface area contributed by atoms with Gasteiger partial charge in [-0.1, -0.05) is 17.7 Å². The van der Waals surface area contributed by atoms with Crippen LogP contribution in [0.3, 0.4) is 0 Å². The molecule has 6 heteroatoms. The van der Waals surface area contributed by atoms with Crippen molar-refractivity contribution < 1.29 is 5.11 Å². The molecular weight excluding hydrogens is 324 g/mol. The van der Waals surface area contributed by atoms with Crippen LogP contribution in [-0.2, 0) is 0 Å². The fourth-order valence-electron chi connectivity index (χ4n) is 3.24. The number of nitrogens with one attached hydrogen (secondary N) is 1. The predicted octanol–water partition coefficient (Wildman–Crippen LogP) is 2.34. The van der Waals surface area contributed by atoms with E-state index in [1.54, 1.807) is 0 Å². The lowest BCUT2D eigenvalue weighted by atomic mass is 9.80. The molecule has 0 unspecified atom stereocenters. The van der Waals surface area contributed by atoms with E-state index in [9.17, 15) is 5.11 Å². The number of halogens is 1. The van der Waals surface area contributed by atoms with Gasteiger partial charge in [0.15, 0.2) is 5.96 Å². The maximum Gasteiger partial charge on any atom is 0.194 e. The lowest BCUT2D eigenvalue weighted by Crippen LogP contribution is -2.53. The van der Waals surface area contributed by atoms with Crippen LogP contribution >= 0.6 is 11.6 Å². The zero-order valence-electron chi connectivity index (χ0n) is 14.3. The third-order valence-electron chi connectivity index (χ3n) is 4.89. The highest BCUT2D eigenvalue weighted by Gasteiger charge is 2.34. The van der Waals surface area contributed by atoms with Gasteiger partial charge in [0, 0.05) is 43.4 Å². The number of piperazine rings is 1. The Morgan fingerprint density at radius 3 is 2.62 bits per heavy atom. The summed E-state index contributed by atoms with van der Waals surface area (Å²) in [5.41, 5.74) is 0.608. The van der Waals surface area contributed by atoms with Crippen LogP contribution in [-0.4, -0.2) is 60.8 Å². The molecule has 1 aromatic rings. The minimum Gasteiger partial charge on any atom is -0.388 e. The molecule has 0 atom stereocenters. The zero-order chi connectivity index (χ0) is 17.0. The molecule has 24 heavy (non-hydrogen) atoms. The number of hydrogen-bond donors (Lipinski definition) is 2. The number of aliphatic imine (C=N–C) groups is 1. The molecule has 1 saturated carbocycles. The lowest BCUT2D eigenvalue weighted by molar-refractivity contribution is -0.0237. The van der Waals surface area contributed by atoms with Crippen LogP contribution < -0.4 is 10.2 Å². The SMILES string of the molecule is CCNC(=NCC1(O)CCC1)N1CCN(c2cccc(Cl)c2)CC1. The van der Waals surface area contributed by atoms with Crippen LogP contribution in [0.1, 0.15) is 26.2 Å². The summed E-state index contributed by atoms with van der Waals surface area (Å²) in [7, 11) is 0. The lowest BCUT2D eigenvalue weighted by Gasteiger charge is -2.39. The standard InChI is InChI=1S/C18H27ClN4O/c1-2-20-17(21-14-18(24)7-4-8-18)23-11-9-22(10-12-23)16-6-3-5-15(19)13-16/h3,5-6,13,24H,2,4,7-12,14H2,1H3,(H,20,21). The average Bonchev–Trinajstić information content (AvgIpc) is 2.57. The van der Waals surface area contributed by atoms with E-state index in [2.05, 4.69) is 33.1 Å². The second-order valence-electron chi connectivity index (χ2n) is 6.70. The third kappa shape index (κ3) is 4.14. The summed E-state index contributed by atoms with van der Waals surface area (Å²) >= 11 is 6.10. The molecule has 0 amide bonds. The van der Waals surface area contributed by atoms with E-state index in [0.717, 1.165) is 63.0 Å². The van der Waals surface area contributed by atoms with Crippen molar-refractivity contribution in [3.8, 4) is 0 Å². The highest BCUT2D eigenvalue weighted by molar-refractivity contribution is 6.30. The average molecular weight is 351 g/mol. The normalized spacial score (nSPS) is 20.7. The first-order valence-electron chi connectivity index (χ1n) is 8.86. The second-order valence-corrected chi connectivity index (χ2v) is 7.14. The van der Waals surface area contributed by atoms with Crippen LogP contribution in [0.4, 0.5) is 5.69 Å². The second kappa shape index (κ2) is 7.62. The largest absolute Gasteiger partial charge is 0.388 e. The molecule has 132 valence electrons. The number of anilines is 1. The van der Waals surface area contributed by atoms with Gasteiger partial charge in [-0.25, -0.2) is 0 Å². The molecular formula is C18H27ClN4O. The van der Waals surface area contributed by atoms with Crippen LogP contribution in [0, 0.1) is 0 Å². The molecule has 0 spiro atoms. The van der Waals surface area contributed by atoms with E-state index in [4.69, 9.17) is 11.6 Å². The van der Waals surface area contributed by atoms with E-state index in [1.807, 2.05) is 18.2 Å². The van der Waals surface area contributed by atoms with E-state index >= 15 is 0 Å². The first-order chi connectivity index (χ1) is 11.6. The summed E-state index contributed by atoms with van der Waals surface area (Å²) in [5, 5.41) is 14.4.